The van der Waals surface area contributed by atoms with Gasteiger partial charge in [-0.3, -0.25) is 9.59 Å². The number of fused-ring (bicyclic) bond motifs is 1. The van der Waals surface area contributed by atoms with Crippen LogP contribution in [-0.2, 0) is 11.2 Å². The van der Waals surface area contributed by atoms with E-state index in [0.717, 1.165) is 29.8 Å². The number of nitrogens with zero attached hydrogens (tertiary/aromatic N) is 1. The summed E-state index contributed by atoms with van der Waals surface area (Å²) in [5.74, 6) is -0.329. The molecule has 5 nitrogen and oxygen atoms in total. The van der Waals surface area contributed by atoms with Crippen LogP contribution in [0.4, 0.5) is 11.4 Å². The third-order valence-electron chi connectivity index (χ3n) is 3.73. The fraction of sp³-hybridized carbons (Fsp3) is 0.250. The molecule has 6 heteroatoms. The van der Waals surface area contributed by atoms with Gasteiger partial charge in [0.25, 0.3) is 5.91 Å². The Labute approximate surface area is 132 Å². The highest BCUT2D eigenvalue weighted by atomic mass is 32.1. The number of carbonyl (C=O) groups excluding carboxylic acids is 2. The Balaban J connectivity index is 1.69. The van der Waals surface area contributed by atoms with Crippen molar-refractivity contribution in [2.45, 2.75) is 12.8 Å². The van der Waals surface area contributed by atoms with Crippen molar-refractivity contribution in [3.63, 3.8) is 0 Å². The van der Waals surface area contributed by atoms with Crippen LogP contribution in [0.15, 0.2) is 35.7 Å². The second-order valence-corrected chi connectivity index (χ2v) is 6.10. The number of nitrogens with two attached hydrogens (primary N) is 1. The summed E-state index contributed by atoms with van der Waals surface area (Å²) in [6.45, 7) is 0.648. The molecule has 3 N–H and O–H groups in total. The zero-order valence-electron chi connectivity index (χ0n) is 12.0. The molecule has 2 amide bonds. The second kappa shape index (κ2) is 6.19. The van der Waals surface area contributed by atoms with Crippen molar-refractivity contribution in [2.24, 2.45) is 0 Å². The van der Waals surface area contributed by atoms with E-state index in [1.54, 1.807) is 11.0 Å². The van der Waals surface area contributed by atoms with Crippen LogP contribution in [0.25, 0.3) is 0 Å². The van der Waals surface area contributed by atoms with Gasteiger partial charge in [-0.25, -0.2) is 0 Å². The number of amides is 2. The fourth-order valence-corrected chi connectivity index (χ4v) is 3.30. The lowest BCUT2D eigenvalue weighted by Crippen LogP contribution is -2.42. The van der Waals surface area contributed by atoms with Crippen LogP contribution in [-0.4, -0.2) is 24.9 Å². The fourth-order valence-electron chi connectivity index (χ4n) is 2.66. The van der Waals surface area contributed by atoms with Gasteiger partial charge in [0.2, 0.25) is 5.91 Å². The monoisotopic (exact) mass is 315 g/mol. The van der Waals surface area contributed by atoms with Crippen molar-refractivity contribution in [1.82, 2.24) is 5.32 Å². The van der Waals surface area contributed by atoms with Crippen LogP contribution in [0, 0.1) is 0 Å². The van der Waals surface area contributed by atoms with Gasteiger partial charge >= 0.3 is 0 Å². The predicted octanol–water partition coefficient (Wildman–Crippen LogP) is 2.04. The van der Waals surface area contributed by atoms with Gasteiger partial charge in [0.15, 0.2) is 0 Å². The molecular weight excluding hydrogens is 298 g/mol. The number of rotatable bonds is 3. The number of thiophene rings is 1. The lowest BCUT2D eigenvalue weighted by Gasteiger charge is -2.30. The number of carbonyl (C=O) groups is 2. The van der Waals surface area contributed by atoms with Crippen molar-refractivity contribution in [1.29, 1.82) is 0 Å². The smallest absolute Gasteiger partial charge is 0.261 e. The average Bonchev–Trinajstić information content (AvgIpc) is 3.07. The Morgan fingerprint density at radius 2 is 2.14 bits per heavy atom. The minimum absolute atomic E-state index is 0.00896. The lowest BCUT2D eigenvalue weighted by molar-refractivity contribution is -0.117. The largest absolute Gasteiger partial charge is 0.398 e. The third kappa shape index (κ3) is 2.82. The summed E-state index contributed by atoms with van der Waals surface area (Å²) in [5.41, 5.74) is 8.59. The van der Waals surface area contributed by atoms with Gasteiger partial charge in [0, 0.05) is 17.9 Å². The molecule has 0 spiro atoms. The van der Waals surface area contributed by atoms with Gasteiger partial charge < -0.3 is 16.0 Å². The van der Waals surface area contributed by atoms with Crippen molar-refractivity contribution in [3.05, 3.63) is 46.2 Å². The molecule has 1 aromatic carbocycles. The Bertz CT molecular complexity index is 697. The topological polar surface area (TPSA) is 75.4 Å². The highest BCUT2D eigenvalue weighted by molar-refractivity contribution is 7.12. The lowest BCUT2D eigenvalue weighted by atomic mass is 10.00. The summed E-state index contributed by atoms with van der Waals surface area (Å²) < 4.78 is 0. The summed E-state index contributed by atoms with van der Waals surface area (Å²) in [5, 5.41) is 4.51. The van der Waals surface area contributed by atoms with Gasteiger partial charge in [0.05, 0.1) is 11.4 Å². The SMILES string of the molecule is Nc1cccc2c1CCCN2C(=O)CNC(=O)c1cccs1. The van der Waals surface area contributed by atoms with Gasteiger partial charge in [-0.1, -0.05) is 12.1 Å². The average molecular weight is 315 g/mol. The molecule has 0 aliphatic carbocycles. The molecule has 1 aliphatic rings. The molecule has 0 atom stereocenters. The Morgan fingerprint density at radius 1 is 1.27 bits per heavy atom. The number of benzene rings is 1. The van der Waals surface area contributed by atoms with E-state index < -0.39 is 0 Å². The Morgan fingerprint density at radius 3 is 2.91 bits per heavy atom. The van der Waals surface area contributed by atoms with Crippen molar-refractivity contribution >= 4 is 34.5 Å². The molecule has 1 aromatic heterocycles. The molecule has 3 rings (SSSR count). The molecule has 1 aliphatic heterocycles. The van der Waals surface area contributed by atoms with Gasteiger partial charge in [-0.05, 0) is 42.0 Å². The Hall–Kier alpha value is -2.34. The van der Waals surface area contributed by atoms with Crippen LogP contribution < -0.4 is 16.0 Å². The van der Waals surface area contributed by atoms with E-state index in [1.165, 1.54) is 11.3 Å². The number of hydrogen-bond donors (Lipinski definition) is 2. The number of hydrogen-bond acceptors (Lipinski definition) is 4. The van der Waals surface area contributed by atoms with E-state index in [1.807, 2.05) is 29.6 Å². The summed E-state index contributed by atoms with van der Waals surface area (Å²) in [7, 11) is 0. The van der Waals surface area contributed by atoms with E-state index >= 15 is 0 Å². The highest BCUT2D eigenvalue weighted by Crippen LogP contribution is 2.31. The van der Waals surface area contributed by atoms with Crippen LogP contribution in [0.1, 0.15) is 21.7 Å². The quantitative estimate of drug-likeness (QED) is 0.851. The van der Waals surface area contributed by atoms with Crippen LogP contribution in [0.2, 0.25) is 0 Å². The number of nitrogen functional groups attached to an aromatic ring is 1. The molecule has 0 saturated heterocycles. The first-order chi connectivity index (χ1) is 10.7. The minimum Gasteiger partial charge on any atom is -0.398 e. The van der Waals surface area contributed by atoms with E-state index in [9.17, 15) is 9.59 Å². The summed E-state index contributed by atoms with van der Waals surface area (Å²) >= 11 is 1.36. The van der Waals surface area contributed by atoms with Crippen LogP contribution in [0.5, 0.6) is 0 Å². The van der Waals surface area contributed by atoms with Crippen LogP contribution in [0.3, 0.4) is 0 Å². The molecule has 114 valence electrons. The zero-order valence-corrected chi connectivity index (χ0v) is 12.9. The maximum Gasteiger partial charge on any atom is 0.261 e. The minimum atomic E-state index is -0.215. The maximum absolute atomic E-state index is 12.4. The van der Waals surface area contributed by atoms with E-state index in [2.05, 4.69) is 5.32 Å². The Kier molecular flexibility index (Phi) is 4.11. The highest BCUT2D eigenvalue weighted by Gasteiger charge is 2.23. The van der Waals surface area contributed by atoms with E-state index in [0.29, 0.717) is 11.4 Å². The summed E-state index contributed by atoms with van der Waals surface area (Å²) in [6.07, 6.45) is 1.76. The zero-order chi connectivity index (χ0) is 15.5. The summed E-state index contributed by atoms with van der Waals surface area (Å²) in [6, 6.07) is 9.16. The van der Waals surface area contributed by atoms with E-state index in [4.69, 9.17) is 5.73 Å². The molecule has 2 heterocycles. The first-order valence-corrected chi connectivity index (χ1v) is 8.04. The molecule has 0 fully saturated rings. The van der Waals surface area contributed by atoms with E-state index in [-0.39, 0.29) is 18.4 Å². The number of nitrogens with one attached hydrogen (secondary N) is 1. The first-order valence-electron chi connectivity index (χ1n) is 7.16. The van der Waals surface area contributed by atoms with Gasteiger partial charge in [0.1, 0.15) is 0 Å². The molecule has 0 saturated carbocycles. The molecule has 2 aromatic rings. The number of anilines is 2. The van der Waals surface area contributed by atoms with Crippen molar-refractivity contribution in [2.75, 3.05) is 23.7 Å². The standard InChI is InChI=1S/C16H17N3O2S/c17-12-5-1-6-13-11(12)4-2-8-19(13)15(20)10-18-16(21)14-7-3-9-22-14/h1,3,5-7,9H,2,4,8,10,17H2,(H,18,21). The molecule has 0 radical (unpaired) electrons. The van der Waals surface area contributed by atoms with Gasteiger partial charge in [-0.15, -0.1) is 11.3 Å². The maximum atomic E-state index is 12.4. The van der Waals surface area contributed by atoms with Gasteiger partial charge in [-0.2, -0.15) is 0 Å². The molecule has 0 unspecified atom stereocenters. The van der Waals surface area contributed by atoms with Crippen molar-refractivity contribution < 1.29 is 9.59 Å². The molecule has 0 bridgehead atoms. The molecule has 22 heavy (non-hydrogen) atoms. The predicted molar refractivity (Wildman–Crippen MR) is 88.2 cm³/mol. The molecular formula is C16H17N3O2S. The third-order valence-corrected chi connectivity index (χ3v) is 4.60. The first kappa shape index (κ1) is 14.6. The van der Waals surface area contributed by atoms with Crippen LogP contribution >= 0.6 is 11.3 Å². The van der Waals surface area contributed by atoms with Crippen molar-refractivity contribution in [3.8, 4) is 0 Å². The normalized spacial score (nSPS) is 13.5. The second-order valence-electron chi connectivity index (χ2n) is 5.15. The summed E-state index contributed by atoms with van der Waals surface area (Å²) in [4.78, 5) is 26.6.